The first kappa shape index (κ1) is 18.2. The van der Waals surface area contributed by atoms with Gasteiger partial charge in [-0.1, -0.05) is 11.6 Å². The van der Waals surface area contributed by atoms with E-state index in [2.05, 4.69) is 11.4 Å². The van der Waals surface area contributed by atoms with Crippen LogP contribution in [-0.4, -0.2) is 43.5 Å². The normalized spacial score (nSPS) is 16.7. The van der Waals surface area contributed by atoms with Crippen LogP contribution in [0.15, 0.2) is 11.6 Å². The fourth-order valence-electron chi connectivity index (χ4n) is 2.38. The molecule has 0 aromatic carbocycles. The van der Waals surface area contributed by atoms with E-state index in [4.69, 9.17) is 0 Å². The standard InChI is InChI=1S/C15H28N2O3S/c1-15(2,3)16-14(18)12-17(21(4,19)20)11-10-13-8-6-5-7-9-13/h8H,5-7,9-12H2,1-4H3,(H,16,18). The van der Waals surface area contributed by atoms with Crippen LogP contribution < -0.4 is 5.32 Å². The molecule has 1 amide bonds. The lowest BCUT2D eigenvalue weighted by Gasteiger charge is -2.25. The molecule has 0 spiro atoms. The van der Waals surface area contributed by atoms with Crippen LogP contribution in [0.5, 0.6) is 0 Å². The molecule has 0 fully saturated rings. The van der Waals surface area contributed by atoms with E-state index in [9.17, 15) is 13.2 Å². The van der Waals surface area contributed by atoms with Gasteiger partial charge in [-0.15, -0.1) is 0 Å². The van der Waals surface area contributed by atoms with Crippen molar-refractivity contribution in [1.82, 2.24) is 9.62 Å². The van der Waals surface area contributed by atoms with Gasteiger partial charge in [0.2, 0.25) is 15.9 Å². The van der Waals surface area contributed by atoms with Gasteiger partial charge in [0.1, 0.15) is 0 Å². The van der Waals surface area contributed by atoms with Crippen molar-refractivity contribution < 1.29 is 13.2 Å². The molecule has 0 aliphatic heterocycles. The summed E-state index contributed by atoms with van der Waals surface area (Å²) in [5.41, 5.74) is 0.956. The number of sulfonamides is 1. The molecule has 0 atom stereocenters. The van der Waals surface area contributed by atoms with E-state index in [1.807, 2.05) is 20.8 Å². The molecule has 0 unspecified atom stereocenters. The van der Waals surface area contributed by atoms with E-state index in [1.54, 1.807) is 0 Å². The second kappa shape index (κ2) is 7.40. The van der Waals surface area contributed by atoms with E-state index in [0.717, 1.165) is 25.5 Å². The van der Waals surface area contributed by atoms with Gasteiger partial charge in [0.25, 0.3) is 0 Å². The minimum absolute atomic E-state index is 0.108. The minimum atomic E-state index is -3.37. The molecule has 0 radical (unpaired) electrons. The molecule has 0 bridgehead atoms. The van der Waals surface area contributed by atoms with Crippen molar-refractivity contribution in [1.29, 1.82) is 0 Å². The summed E-state index contributed by atoms with van der Waals surface area (Å²) in [4.78, 5) is 11.9. The van der Waals surface area contributed by atoms with Crippen molar-refractivity contribution >= 4 is 15.9 Å². The van der Waals surface area contributed by atoms with Crippen LogP contribution in [0.1, 0.15) is 52.9 Å². The Balaban J connectivity index is 2.60. The van der Waals surface area contributed by atoms with Crippen molar-refractivity contribution in [3.8, 4) is 0 Å². The molecule has 0 aromatic rings. The van der Waals surface area contributed by atoms with Crippen molar-refractivity contribution in [3.63, 3.8) is 0 Å². The molecule has 122 valence electrons. The van der Waals surface area contributed by atoms with E-state index < -0.39 is 10.0 Å². The Morgan fingerprint density at radius 3 is 2.48 bits per heavy atom. The SMILES string of the molecule is CC(C)(C)NC(=O)CN(CCC1=CCCCC1)S(C)(=O)=O. The number of rotatable bonds is 6. The van der Waals surface area contributed by atoms with Gasteiger partial charge in [0, 0.05) is 12.1 Å². The molecule has 21 heavy (non-hydrogen) atoms. The second-order valence-electron chi connectivity index (χ2n) is 6.75. The Kier molecular flexibility index (Phi) is 6.41. The molecule has 0 saturated heterocycles. The lowest BCUT2D eigenvalue weighted by atomic mass is 9.97. The minimum Gasteiger partial charge on any atom is -0.350 e. The first-order valence-corrected chi connectivity index (χ1v) is 9.37. The second-order valence-corrected chi connectivity index (χ2v) is 8.74. The summed E-state index contributed by atoms with van der Waals surface area (Å²) < 4.78 is 24.9. The Labute approximate surface area is 128 Å². The largest absolute Gasteiger partial charge is 0.350 e. The fraction of sp³-hybridized carbons (Fsp3) is 0.800. The summed E-state index contributed by atoms with van der Waals surface area (Å²) in [6.07, 6.45) is 8.61. The molecule has 0 aromatic heterocycles. The van der Waals surface area contributed by atoms with Gasteiger partial charge in [-0.3, -0.25) is 4.79 Å². The zero-order valence-electron chi connectivity index (χ0n) is 13.6. The summed E-state index contributed by atoms with van der Waals surface area (Å²) in [6, 6.07) is 0. The summed E-state index contributed by atoms with van der Waals surface area (Å²) in [5.74, 6) is -0.259. The monoisotopic (exact) mass is 316 g/mol. The highest BCUT2D eigenvalue weighted by atomic mass is 32.2. The lowest BCUT2D eigenvalue weighted by molar-refractivity contribution is -0.122. The van der Waals surface area contributed by atoms with Gasteiger partial charge in [-0.05, 0) is 52.9 Å². The molecule has 1 N–H and O–H groups in total. The van der Waals surface area contributed by atoms with Crippen molar-refractivity contribution in [2.45, 2.75) is 58.4 Å². The van der Waals surface area contributed by atoms with E-state index in [1.165, 1.54) is 22.7 Å². The fourth-order valence-corrected chi connectivity index (χ4v) is 3.15. The molecule has 6 heteroatoms. The third-order valence-corrected chi connectivity index (χ3v) is 4.62. The quantitative estimate of drug-likeness (QED) is 0.763. The van der Waals surface area contributed by atoms with Gasteiger partial charge < -0.3 is 5.32 Å². The van der Waals surface area contributed by atoms with Crippen LogP contribution in [0.2, 0.25) is 0 Å². The highest BCUT2D eigenvalue weighted by molar-refractivity contribution is 7.88. The number of carbonyl (C=O) groups excluding carboxylic acids is 1. The van der Waals surface area contributed by atoms with E-state index >= 15 is 0 Å². The number of nitrogens with zero attached hydrogens (tertiary/aromatic N) is 1. The van der Waals surface area contributed by atoms with Crippen LogP contribution in [0.25, 0.3) is 0 Å². The zero-order chi connectivity index (χ0) is 16.1. The summed E-state index contributed by atoms with van der Waals surface area (Å²) in [5, 5.41) is 2.80. The van der Waals surface area contributed by atoms with Gasteiger partial charge in [0.05, 0.1) is 12.8 Å². The molecule has 1 aliphatic carbocycles. The maximum Gasteiger partial charge on any atom is 0.235 e. The zero-order valence-corrected chi connectivity index (χ0v) is 14.4. The van der Waals surface area contributed by atoms with Gasteiger partial charge in [-0.25, -0.2) is 8.42 Å². The van der Waals surface area contributed by atoms with E-state index in [-0.39, 0.29) is 18.0 Å². The molecule has 0 heterocycles. The van der Waals surface area contributed by atoms with Gasteiger partial charge >= 0.3 is 0 Å². The predicted molar refractivity (Wildman–Crippen MR) is 85.5 cm³/mol. The van der Waals surface area contributed by atoms with Crippen LogP contribution in [-0.2, 0) is 14.8 Å². The number of amides is 1. The Morgan fingerprint density at radius 2 is 2.00 bits per heavy atom. The van der Waals surface area contributed by atoms with Crippen LogP contribution in [0.3, 0.4) is 0 Å². The van der Waals surface area contributed by atoms with Crippen molar-refractivity contribution in [2.24, 2.45) is 0 Å². The summed E-state index contributed by atoms with van der Waals surface area (Å²) >= 11 is 0. The predicted octanol–water partition coefficient (Wildman–Crippen LogP) is 2.05. The lowest BCUT2D eigenvalue weighted by Crippen LogP contribution is -2.47. The highest BCUT2D eigenvalue weighted by Gasteiger charge is 2.22. The Morgan fingerprint density at radius 1 is 1.33 bits per heavy atom. The average Bonchev–Trinajstić information content (AvgIpc) is 2.32. The number of carbonyl (C=O) groups is 1. The van der Waals surface area contributed by atoms with Gasteiger partial charge in [-0.2, -0.15) is 4.31 Å². The van der Waals surface area contributed by atoms with Crippen molar-refractivity contribution in [2.75, 3.05) is 19.3 Å². The molecular formula is C15H28N2O3S. The van der Waals surface area contributed by atoms with Crippen molar-refractivity contribution in [3.05, 3.63) is 11.6 Å². The van der Waals surface area contributed by atoms with E-state index in [0.29, 0.717) is 6.54 Å². The molecule has 5 nitrogen and oxygen atoms in total. The molecular weight excluding hydrogens is 288 g/mol. The average molecular weight is 316 g/mol. The third-order valence-electron chi connectivity index (χ3n) is 3.37. The Bertz CT molecular complexity index is 490. The molecule has 1 rings (SSSR count). The maximum absolute atomic E-state index is 11.9. The number of hydrogen-bond acceptors (Lipinski definition) is 3. The maximum atomic E-state index is 11.9. The Hall–Kier alpha value is -0.880. The number of allylic oxidation sites excluding steroid dienone is 1. The van der Waals surface area contributed by atoms with Crippen LogP contribution >= 0.6 is 0 Å². The number of nitrogens with one attached hydrogen (secondary N) is 1. The molecule has 0 saturated carbocycles. The van der Waals surface area contributed by atoms with Gasteiger partial charge in [0.15, 0.2) is 0 Å². The first-order valence-electron chi connectivity index (χ1n) is 7.52. The highest BCUT2D eigenvalue weighted by Crippen LogP contribution is 2.20. The third kappa shape index (κ3) is 7.62. The smallest absolute Gasteiger partial charge is 0.235 e. The first-order chi connectivity index (χ1) is 9.58. The summed E-state index contributed by atoms with van der Waals surface area (Å²) in [6.45, 7) is 5.90. The summed E-state index contributed by atoms with van der Waals surface area (Å²) in [7, 11) is -3.37. The number of hydrogen-bond donors (Lipinski definition) is 1. The molecule has 1 aliphatic rings. The topological polar surface area (TPSA) is 66.5 Å². The van der Waals surface area contributed by atoms with Crippen LogP contribution in [0.4, 0.5) is 0 Å². The van der Waals surface area contributed by atoms with Crippen LogP contribution in [0, 0.1) is 0 Å².